The third kappa shape index (κ3) is 3.44. The van der Waals surface area contributed by atoms with E-state index in [9.17, 15) is 28.1 Å². The topological polar surface area (TPSA) is 95.5 Å². The Morgan fingerprint density at radius 1 is 1.50 bits per heavy atom. The maximum Gasteiger partial charge on any atom is 0.416 e. The van der Waals surface area contributed by atoms with Crippen molar-refractivity contribution >= 4 is 11.7 Å². The Kier molecular flexibility index (Phi) is 4.66. The number of rotatable bonds is 4. The molecule has 6 nitrogen and oxygen atoms in total. The lowest BCUT2D eigenvalue weighted by Crippen LogP contribution is -2.34. The number of methoxy groups -OCH3 is 1. The van der Waals surface area contributed by atoms with Crippen LogP contribution in [0.2, 0.25) is 0 Å². The quantitative estimate of drug-likeness (QED) is 0.517. The number of esters is 1. The van der Waals surface area contributed by atoms with Crippen molar-refractivity contribution < 1.29 is 27.6 Å². The second-order valence-corrected chi connectivity index (χ2v) is 3.89. The first-order valence-corrected chi connectivity index (χ1v) is 5.35. The third-order valence-electron chi connectivity index (χ3n) is 2.58. The third-order valence-corrected chi connectivity index (χ3v) is 2.58. The van der Waals surface area contributed by atoms with Gasteiger partial charge < -0.3 is 10.5 Å². The monoisotopic (exact) mass is 292 g/mol. The molecule has 0 amide bonds. The molecule has 0 aliphatic carbocycles. The van der Waals surface area contributed by atoms with Gasteiger partial charge in [-0.1, -0.05) is 6.07 Å². The number of ether oxygens (including phenoxy) is 1. The van der Waals surface area contributed by atoms with Gasteiger partial charge in [0.25, 0.3) is 5.69 Å². The van der Waals surface area contributed by atoms with E-state index in [-0.39, 0.29) is 0 Å². The molecule has 0 aliphatic heterocycles. The number of benzene rings is 1. The zero-order valence-electron chi connectivity index (χ0n) is 10.3. The summed E-state index contributed by atoms with van der Waals surface area (Å²) in [5.74, 6) is -0.948. The van der Waals surface area contributed by atoms with Crippen LogP contribution in [0.4, 0.5) is 18.9 Å². The van der Waals surface area contributed by atoms with Gasteiger partial charge in [0.15, 0.2) is 0 Å². The van der Waals surface area contributed by atoms with Gasteiger partial charge >= 0.3 is 12.1 Å². The van der Waals surface area contributed by atoms with Crippen LogP contribution in [0.5, 0.6) is 0 Å². The normalized spacial score (nSPS) is 12.8. The second kappa shape index (κ2) is 5.87. The van der Waals surface area contributed by atoms with E-state index in [1.165, 1.54) is 0 Å². The number of nitrogens with zero attached hydrogens (tertiary/aromatic N) is 1. The van der Waals surface area contributed by atoms with Gasteiger partial charge in [0.1, 0.15) is 6.04 Å². The number of carbonyl (C=O) groups is 1. The summed E-state index contributed by atoms with van der Waals surface area (Å²) in [5, 5.41) is 10.8. The van der Waals surface area contributed by atoms with Crippen molar-refractivity contribution in [2.24, 2.45) is 5.73 Å². The molecule has 0 bridgehead atoms. The second-order valence-electron chi connectivity index (χ2n) is 3.89. The lowest BCUT2D eigenvalue weighted by atomic mass is 9.98. The zero-order chi connectivity index (χ0) is 15.5. The highest BCUT2D eigenvalue weighted by Gasteiger charge is 2.37. The first-order valence-electron chi connectivity index (χ1n) is 5.35. The zero-order valence-corrected chi connectivity index (χ0v) is 10.3. The van der Waals surface area contributed by atoms with E-state index in [0.29, 0.717) is 6.07 Å². The van der Waals surface area contributed by atoms with Gasteiger partial charge in [-0.2, -0.15) is 13.2 Å². The summed E-state index contributed by atoms with van der Waals surface area (Å²) in [7, 11) is 1.02. The van der Waals surface area contributed by atoms with Crippen LogP contribution in [0, 0.1) is 10.1 Å². The average Bonchev–Trinajstić information content (AvgIpc) is 2.36. The van der Waals surface area contributed by atoms with Crippen molar-refractivity contribution in [3.63, 3.8) is 0 Å². The van der Waals surface area contributed by atoms with Gasteiger partial charge in [-0.3, -0.25) is 14.9 Å². The lowest BCUT2D eigenvalue weighted by molar-refractivity contribution is -0.385. The van der Waals surface area contributed by atoms with Crippen molar-refractivity contribution in [2.45, 2.75) is 18.6 Å². The SMILES string of the molecule is COC(=O)[C@@H](N)Cc1c([N+](=O)[O-])cccc1C(F)(F)F. The van der Waals surface area contributed by atoms with Crippen LogP contribution >= 0.6 is 0 Å². The molecule has 0 unspecified atom stereocenters. The smallest absolute Gasteiger partial charge is 0.416 e. The van der Waals surface area contributed by atoms with E-state index >= 15 is 0 Å². The molecular weight excluding hydrogens is 281 g/mol. The van der Waals surface area contributed by atoms with Crippen LogP contribution in [0.1, 0.15) is 11.1 Å². The first kappa shape index (κ1) is 15.9. The molecule has 0 aliphatic rings. The summed E-state index contributed by atoms with van der Waals surface area (Å²) < 4.78 is 42.8. The fraction of sp³-hybridized carbons (Fsp3) is 0.364. The minimum Gasteiger partial charge on any atom is -0.468 e. The van der Waals surface area contributed by atoms with Crippen LogP contribution in [-0.2, 0) is 22.1 Å². The van der Waals surface area contributed by atoms with Crippen molar-refractivity contribution in [2.75, 3.05) is 7.11 Å². The molecule has 2 N–H and O–H groups in total. The maximum absolute atomic E-state index is 12.8. The van der Waals surface area contributed by atoms with Crippen LogP contribution in [0.3, 0.4) is 0 Å². The molecule has 1 aromatic carbocycles. The maximum atomic E-state index is 12.8. The van der Waals surface area contributed by atoms with Crippen molar-refractivity contribution in [3.05, 3.63) is 39.4 Å². The molecule has 9 heteroatoms. The number of halogens is 3. The number of nitro groups is 1. The van der Waals surface area contributed by atoms with Crippen LogP contribution in [-0.4, -0.2) is 24.0 Å². The minimum atomic E-state index is -4.78. The Bertz CT molecular complexity index is 531. The number of alkyl halides is 3. The molecule has 0 saturated carbocycles. The standard InChI is InChI=1S/C11H11F3N2O4/c1-20-10(17)8(15)5-6-7(11(12,13)14)3-2-4-9(6)16(18)19/h2-4,8H,5,15H2,1H3/t8-/m0/s1. The Hall–Kier alpha value is -2.16. The Morgan fingerprint density at radius 3 is 2.55 bits per heavy atom. The molecule has 0 heterocycles. The van der Waals surface area contributed by atoms with E-state index < -0.39 is 46.3 Å². The van der Waals surface area contributed by atoms with Crippen molar-refractivity contribution in [3.8, 4) is 0 Å². The summed E-state index contributed by atoms with van der Waals surface area (Å²) >= 11 is 0. The Labute approximate surface area is 111 Å². The number of hydrogen-bond donors (Lipinski definition) is 1. The van der Waals surface area contributed by atoms with E-state index in [0.717, 1.165) is 19.2 Å². The van der Waals surface area contributed by atoms with Gasteiger partial charge in [0.2, 0.25) is 0 Å². The van der Waals surface area contributed by atoms with E-state index in [1.54, 1.807) is 0 Å². The first-order chi connectivity index (χ1) is 9.18. The van der Waals surface area contributed by atoms with Crippen LogP contribution < -0.4 is 5.73 Å². The van der Waals surface area contributed by atoms with Gasteiger partial charge in [0.05, 0.1) is 17.6 Å². The Morgan fingerprint density at radius 2 is 2.10 bits per heavy atom. The molecule has 0 aromatic heterocycles. The minimum absolute atomic E-state index is 0.636. The Balaban J connectivity index is 3.33. The summed E-state index contributed by atoms with van der Waals surface area (Å²) in [6.45, 7) is 0. The molecule has 0 spiro atoms. The molecule has 1 rings (SSSR count). The van der Waals surface area contributed by atoms with Crippen molar-refractivity contribution in [1.82, 2.24) is 0 Å². The molecule has 0 fully saturated rings. The fourth-order valence-corrected chi connectivity index (χ4v) is 1.68. The molecule has 1 atom stereocenters. The van der Waals surface area contributed by atoms with Gasteiger partial charge in [-0.25, -0.2) is 0 Å². The molecule has 1 aromatic rings. The largest absolute Gasteiger partial charge is 0.468 e. The summed E-state index contributed by atoms with van der Waals surface area (Å²) in [6.07, 6.45) is -5.42. The predicted octanol–water partition coefficient (Wildman–Crippen LogP) is 1.66. The van der Waals surface area contributed by atoms with Gasteiger partial charge in [-0.15, -0.1) is 0 Å². The molecule has 110 valence electrons. The van der Waals surface area contributed by atoms with Gasteiger partial charge in [0, 0.05) is 18.1 Å². The summed E-state index contributed by atoms with van der Waals surface area (Å²) in [6, 6.07) is 1.14. The number of carbonyl (C=O) groups excluding carboxylic acids is 1. The molecule has 20 heavy (non-hydrogen) atoms. The van der Waals surface area contributed by atoms with E-state index in [1.807, 2.05) is 0 Å². The summed E-state index contributed by atoms with van der Waals surface area (Å²) in [5.41, 5.74) is 2.81. The van der Waals surface area contributed by atoms with E-state index in [4.69, 9.17) is 5.73 Å². The van der Waals surface area contributed by atoms with Gasteiger partial charge in [-0.05, 0) is 6.07 Å². The molecular formula is C11H11F3N2O4. The van der Waals surface area contributed by atoms with E-state index in [2.05, 4.69) is 4.74 Å². The van der Waals surface area contributed by atoms with Crippen LogP contribution in [0.15, 0.2) is 18.2 Å². The highest BCUT2D eigenvalue weighted by molar-refractivity contribution is 5.76. The molecule has 0 radical (unpaired) electrons. The van der Waals surface area contributed by atoms with Crippen molar-refractivity contribution in [1.29, 1.82) is 0 Å². The number of hydrogen-bond acceptors (Lipinski definition) is 5. The fourth-order valence-electron chi connectivity index (χ4n) is 1.68. The highest BCUT2D eigenvalue weighted by Crippen LogP contribution is 2.36. The number of nitro benzene ring substituents is 1. The summed E-state index contributed by atoms with van der Waals surface area (Å²) in [4.78, 5) is 21.0. The predicted molar refractivity (Wildman–Crippen MR) is 61.8 cm³/mol. The highest BCUT2D eigenvalue weighted by atomic mass is 19.4. The molecule has 0 saturated heterocycles. The van der Waals surface area contributed by atoms with Crippen LogP contribution in [0.25, 0.3) is 0 Å². The lowest BCUT2D eigenvalue weighted by Gasteiger charge is -2.15. The number of nitrogens with two attached hydrogens (primary N) is 1. The average molecular weight is 292 g/mol.